The normalized spacial score (nSPS) is 17.5. The van der Waals surface area contributed by atoms with Crippen LogP contribution in [-0.2, 0) is 28.5 Å². The van der Waals surface area contributed by atoms with Crippen LogP contribution in [0.2, 0.25) is 0 Å². The van der Waals surface area contributed by atoms with Crippen molar-refractivity contribution < 1.29 is 28.5 Å². The van der Waals surface area contributed by atoms with Crippen LogP contribution in [0.15, 0.2) is 0 Å². The number of ether oxygens (including phenoxy) is 4. The molecule has 0 aromatic heterocycles. The summed E-state index contributed by atoms with van der Waals surface area (Å²) in [6.07, 6.45) is -0.880. The highest BCUT2D eigenvalue weighted by atomic mass is 16.7. The van der Waals surface area contributed by atoms with Crippen LogP contribution in [0.4, 0.5) is 0 Å². The molecule has 0 N–H and O–H groups in total. The Kier molecular flexibility index (Phi) is 4.51. The van der Waals surface area contributed by atoms with Crippen molar-refractivity contribution in [1.82, 2.24) is 0 Å². The highest BCUT2D eigenvalue weighted by molar-refractivity contribution is 6.29. The summed E-state index contributed by atoms with van der Waals surface area (Å²) < 4.78 is 19.2. The standard InChI is InChI=1S/C9H14O6/c1-6(2)14-8(10)9(11)15-7-3-12-5-13-4-7/h6-7H,3-5H2,1-2H3. The van der Waals surface area contributed by atoms with E-state index in [9.17, 15) is 9.59 Å². The third-order valence-corrected chi connectivity index (χ3v) is 1.56. The fourth-order valence-electron chi connectivity index (χ4n) is 0.996. The van der Waals surface area contributed by atoms with E-state index in [4.69, 9.17) is 14.2 Å². The number of hydrogen-bond acceptors (Lipinski definition) is 6. The number of carbonyl (C=O) groups excluding carboxylic acids is 2. The number of carbonyl (C=O) groups is 2. The van der Waals surface area contributed by atoms with E-state index < -0.39 is 18.0 Å². The van der Waals surface area contributed by atoms with E-state index in [2.05, 4.69) is 4.74 Å². The van der Waals surface area contributed by atoms with E-state index in [-0.39, 0.29) is 26.1 Å². The summed E-state index contributed by atoms with van der Waals surface area (Å²) in [7, 11) is 0. The van der Waals surface area contributed by atoms with E-state index in [1.54, 1.807) is 13.8 Å². The monoisotopic (exact) mass is 218 g/mol. The van der Waals surface area contributed by atoms with Crippen molar-refractivity contribution in [3.63, 3.8) is 0 Å². The molecular formula is C9H14O6. The molecule has 1 fully saturated rings. The van der Waals surface area contributed by atoms with Gasteiger partial charge in [0, 0.05) is 0 Å². The summed E-state index contributed by atoms with van der Waals surface area (Å²) >= 11 is 0. The lowest BCUT2D eigenvalue weighted by atomic mass is 10.4. The summed E-state index contributed by atoms with van der Waals surface area (Å²) in [6, 6.07) is 0. The minimum absolute atomic E-state index is 0.185. The van der Waals surface area contributed by atoms with Gasteiger partial charge in [0.15, 0.2) is 0 Å². The predicted octanol–water partition coefficient (Wildman–Crippen LogP) is -0.146. The second-order valence-electron chi connectivity index (χ2n) is 3.34. The molecule has 1 aliphatic heterocycles. The first-order chi connectivity index (χ1) is 7.09. The molecule has 0 aromatic rings. The molecule has 1 saturated heterocycles. The average molecular weight is 218 g/mol. The lowest BCUT2D eigenvalue weighted by Gasteiger charge is -2.22. The third-order valence-electron chi connectivity index (χ3n) is 1.56. The zero-order chi connectivity index (χ0) is 11.3. The third kappa shape index (κ3) is 4.26. The molecule has 1 aliphatic rings. The molecule has 0 unspecified atom stereocenters. The summed E-state index contributed by atoms with van der Waals surface area (Å²) in [6.45, 7) is 3.96. The Balaban J connectivity index is 2.30. The van der Waals surface area contributed by atoms with Gasteiger partial charge in [-0.2, -0.15) is 0 Å². The largest absolute Gasteiger partial charge is 0.455 e. The summed E-state index contributed by atoms with van der Waals surface area (Å²) in [5.41, 5.74) is 0. The van der Waals surface area contributed by atoms with E-state index >= 15 is 0 Å². The molecule has 1 rings (SSSR count). The molecule has 0 saturated carbocycles. The Bertz CT molecular complexity index is 231. The second kappa shape index (κ2) is 5.67. The minimum Gasteiger partial charge on any atom is -0.455 e. The van der Waals surface area contributed by atoms with Crippen LogP contribution in [0, 0.1) is 0 Å². The van der Waals surface area contributed by atoms with Gasteiger partial charge in [-0.25, -0.2) is 9.59 Å². The minimum atomic E-state index is -1.01. The number of esters is 2. The van der Waals surface area contributed by atoms with Gasteiger partial charge in [0.05, 0.1) is 19.3 Å². The van der Waals surface area contributed by atoms with E-state index in [0.717, 1.165) is 0 Å². The van der Waals surface area contributed by atoms with Crippen LogP contribution in [0.3, 0.4) is 0 Å². The Morgan fingerprint density at radius 1 is 1.20 bits per heavy atom. The zero-order valence-corrected chi connectivity index (χ0v) is 8.73. The van der Waals surface area contributed by atoms with E-state index in [1.165, 1.54) is 0 Å². The molecule has 86 valence electrons. The van der Waals surface area contributed by atoms with Crippen molar-refractivity contribution in [2.24, 2.45) is 0 Å². The summed E-state index contributed by atoms with van der Waals surface area (Å²) in [4.78, 5) is 22.2. The highest BCUT2D eigenvalue weighted by Crippen LogP contribution is 2.03. The molecule has 0 aromatic carbocycles. The second-order valence-corrected chi connectivity index (χ2v) is 3.34. The van der Waals surface area contributed by atoms with Gasteiger partial charge in [-0.05, 0) is 13.8 Å². The van der Waals surface area contributed by atoms with Crippen LogP contribution < -0.4 is 0 Å². The Morgan fingerprint density at radius 2 is 1.80 bits per heavy atom. The molecular weight excluding hydrogens is 204 g/mol. The first kappa shape index (κ1) is 11.9. The van der Waals surface area contributed by atoms with Gasteiger partial charge < -0.3 is 18.9 Å². The van der Waals surface area contributed by atoms with Gasteiger partial charge >= 0.3 is 11.9 Å². The van der Waals surface area contributed by atoms with Gasteiger partial charge in [-0.1, -0.05) is 0 Å². The molecule has 0 aliphatic carbocycles. The summed E-state index contributed by atoms with van der Waals surface area (Å²) in [5.74, 6) is -2.00. The average Bonchev–Trinajstić information content (AvgIpc) is 2.18. The van der Waals surface area contributed by atoms with Gasteiger partial charge in [0.2, 0.25) is 0 Å². The Hall–Kier alpha value is -1.14. The van der Waals surface area contributed by atoms with Crippen LogP contribution in [-0.4, -0.2) is 44.2 Å². The topological polar surface area (TPSA) is 71.1 Å². The summed E-state index contributed by atoms with van der Waals surface area (Å²) in [5, 5.41) is 0. The van der Waals surface area contributed by atoms with Gasteiger partial charge in [0.25, 0.3) is 0 Å². The highest BCUT2D eigenvalue weighted by Gasteiger charge is 2.25. The van der Waals surface area contributed by atoms with Crippen LogP contribution in [0.25, 0.3) is 0 Å². The van der Waals surface area contributed by atoms with Crippen molar-refractivity contribution in [2.75, 3.05) is 20.0 Å². The zero-order valence-electron chi connectivity index (χ0n) is 8.73. The fourth-order valence-corrected chi connectivity index (χ4v) is 0.996. The van der Waals surface area contributed by atoms with Crippen molar-refractivity contribution in [1.29, 1.82) is 0 Å². The van der Waals surface area contributed by atoms with Crippen molar-refractivity contribution >= 4 is 11.9 Å². The Labute approximate surface area is 87.4 Å². The molecule has 0 bridgehead atoms. The van der Waals surface area contributed by atoms with Gasteiger partial charge in [-0.15, -0.1) is 0 Å². The smallest absolute Gasteiger partial charge is 0.417 e. The van der Waals surface area contributed by atoms with Crippen LogP contribution in [0.5, 0.6) is 0 Å². The van der Waals surface area contributed by atoms with Crippen molar-refractivity contribution in [2.45, 2.75) is 26.1 Å². The van der Waals surface area contributed by atoms with Crippen molar-refractivity contribution in [3.8, 4) is 0 Å². The van der Waals surface area contributed by atoms with Gasteiger partial charge in [-0.3, -0.25) is 0 Å². The molecule has 6 nitrogen and oxygen atoms in total. The number of rotatable bonds is 2. The lowest BCUT2D eigenvalue weighted by Crippen LogP contribution is -2.36. The molecule has 0 amide bonds. The van der Waals surface area contributed by atoms with Gasteiger partial charge in [0.1, 0.15) is 12.9 Å². The van der Waals surface area contributed by atoms with Crippen LogP contribution in [0.1, 0.15) is 13.8 Å². The molecule has 0 radical (unpaired) electrons. The van der Waals surface area contributed by atoms with E-state index in [0.29, 0.717) is 0 Å². The molecule has 6 heteroatoms. The Morgan fingerprint density at radius 3 is 2.33 bits per heavy atom. The molecule has 0 spiro atoms. The molecule has 0 atom stereocenters. The molecule has 15 heavy (non-hydrogen) atoms. The van der Waals surface area contributed by atoms with Crippen LogP contribution >= 0.6 is 0 Å². The SMILES string of the molecule is CC(C)OC(=O)C(=O)OC1COCOC1. The first-order valence-corrected chi connectivity index (χ1v) is 4.66. The molecule has 1 heterocycles. The lowest BCUT2D eigenvalue weighted by molar-refractivity contribution is -0.192. The quantitative estimate of drug-likeness (QED) is 0.474. The maximum atomic E-state index is 11.1. The first-order valence-electron chi connectivity index (χ1n) is 4.66. The maximum absolute atomic E-state index is 11.1. The fraction of sp³-hybridized carbons (Fsp3) is 0.778. The predicted molar refractivity (Wildman–Crippen MR) is 47.9 cm³/mol. The van der Waals surface area contributed by atoms with E-state index in [1.807, 2.05) is 0 Å². The maximum Gasteiger partial charge on any atom is 0.417 e. The number of hydrogen-bond donors (Lipinski definition) is 0. The van der Waals surface area contributed by atoms with Crippen molar-refractivity contribution in [3.05, 3.63) is 0 Å².